The fourth-order valence-electron chi connectivity index (χ4n) is 3.40. The highest BCUT2D eigenvalue weighted by Gasteiger charge is 2.33. The van der Waals surface area contributed by atoms with Crippen LogP contribution in [0.15, 0.2) is 54.6 Å². The van der Waals surface area contributed by atoms with Crippen molar-refractivity contribution in [3.63, 3.8) is 0 Å². The summed E-state index contributed by atoms with van der Waals surface area (Å²) >= 11 is 0. The number of aryl methyl sites for hydroxylation is 1. The summed E-state index contributed by atoms with van der Waals surface area (Å²) in [5.74, 6) is -0.758. The number of nitrogens with zero attached hydrogens (tertiary/aromatic N) is 3. The maximum atomic E-state index is 13.5. The van der Waals surface area contributed by atoms with Gasteiger partial charge in [-0.3, -0.25) is 9.59 Å². The quantitative estimate of drug-likeness (QED) is 0.588. The molecule has 8 nitrogen and oxygen atoms in total. The minimum Gasteiger partial charge on any atom is -0.357 e. The number of carbonyl (C=O) groups is 2. The Balaban J connectivity index is 2.46. The lowest BCUT2D eigenvalue weighted by Gasteiger charge is -2.33. The third-order valence-electron chi connectivity index (χ3n) is 5.13. The molecular weight excluding hydrogens is 428 g/mol. The predicted octanol–water partition coefficient (Wildman–Crippen LogP) is 2.16. The molecule has 0 aliphatic rings. The van der Waals surface area contributed by atoms with Crippen LogP contribution in [0.25, 0.3) is 0 Å². The van der Waals surface area contributed by atoms with E-state index in [4.69, 9.17) is 0 Å². The molecule has 0 unspecified atom stereocenters. The van der Waals surface area contributed by atoms with Gasteiger partial charge in [0, 0.05) is 27.7 Å². The molecule has 32 heavy (non-hydrogen) atoms. The van der Waals surface area contributed by atoms with Crippen LogP contribution in [0.3, 0.4) is 0 Å². The summed E-state index contributed by atoms with van der Waals surface area (Å²) < 4.78 is 28.2. The number of amides is 2. The largest absolute Gasteiger partial charge is 0.357 e. The molecule has 0 aromatic heterocycles. The van der Waals surface area contributed by atoms with Gasteiger partial charge in [-0.15, -0.1) is 0 Å². The average molecular weight is 461 g/mol. The number of benzene rings is 2. The molecule has 9 heteroatoms. The topological polar surface area (TPSA) is 90.0 Å². The zero-order chi connectivity index (χ0) is 23.9. The molecule has 0 radical (unpaired) electrons. The zero-order valence-corrected chi connectivity index (χ0v) is 20.1. The van der Waals surface area contributed by atoms with Crippen molar-refractivity contribution in [2.24, 2.45) is 0 Å². The van der Waals surface area contributed by atoms with Crippen LogP contribution >= 0.6 is 0 Å². The van der Waals surface area contributed by atoms with Crippen molar-refractivity contribution in [1.82, 2.24) is 14.5 Å². The van der Waals surface area contributed by atoms with Crippen LogP contribution in [0, 0.1) is 6.92 Å². The summed E-state index contributed by atoms with van der Waals surface area (Å²) in [5.41, 5.74) is 2.27. The Labute approximate surface area is 191 Å². The number of hydrogen-bond acceptors (Lipinski definition) is 4. The van der Waals surface area contributed by atoms with Gasteiger partial charge in [-0.25, -0.2) is 4.31 Å². The van der Waals surface area contributed by atoms with Gasteiger partial charge in [-0.2, -0.15) is 12.7 Å². The lowest BCUT2D eigenvalue weighted by Crippen LogP contribution is -2.52. The van der Waals surface area contributed by atoms with Gasteiger partial charge in [0.2, 0.25) is 11.8 Å². The number of rotatable bonds is 10. The van der Waals surface area contributed by atoms with Crippen LogP contribution in [-0.2, 0) is 26.3 Å². The number of carbonyl (C=O) groups excluding carboxylic acids is 2. The Kier molecular flexibility index (Phi) is 8.80. The first-order chi connectivity index (χ1) is 15.1. The lowest BCUT2D eigenvalue weighted by atomic mass is 10.1. The molecule has 1 atom stereocenters. The van der Waals surface area contributed by atoms with Gasteiger partial charge >= 0.3 is 10.2 Å². The molecule has 0 aliphatic heterocycles. The van der Waals surface area contributed by atoms with E-state index < -0.39 is 28.7 Å². The van der Waals surface area contributed by atoms with Crippen molar-refractivity contribution < 1.29 is 18.0 Å². The van der Waals surface area contributed by atoms with Crippen molar-refractivity contribution in [3.8, 4) is 0 Å². The highest BCUT2D eigenvalue weighted by Crippen LogP contribution is 2.21. The van der Waals surface area contributed by atoms with E-state index in [0.29, 0.717) is 12.1 Å². The van der Waals surface area contributed by atoms with Gasteiger partial charge in [0.25, 0.3) is 0 Å². The molecule has 174 valence electrons. The highest BCUT2D eigenvalue weighted by molar-refractivity contribution is 7.90. The monoisotopic (exact) mass is 460 g/mol. The molecule has 0 spiro atoms. The van der Waals surface area contributed by atoms with Gasteiger partial charge in [0.05, 0.1) is 5.69 Å². The Bertz CT molecular complexity index is 1030. The third-order valence-corrected chi connectivity index (χ3v) is 6.95. The number of para-hydroxylation sites is 1. The molecule has 2 rings (SSSR count). The van der Waals surface area contributed by atoms with E-state index in [2.05, 4.69) is 5.32 Å². The van der Waals surface area contributed by atoms with Gasteiger partial charge in [-0.05, 0) is 31.0 Å². The standard InChI is InChI=1S/C23H32N4O4S/c1-6-21(23(29)24-3)26(16-19-12-10-11-18(2)15-19)22(28)17-27(32(30,31)25(4)5)20-13-8-7-9-14-20/h7-15,21H,6,16-17H2,1-5H3,(H,24,29)/t21-/m1/s1. The number of likely N-dealkylation sites (N-methyl/N-ethyl adjacent to an activating group) is 1. The van der Waals surface area contributed by atoms with Gasteiger partial charge in [-0.1, -0.05) is 55.0 Å². The summed E-state index contributed by atoms with van der Waals surface area (Å²) in [5, 5.41) is 2.61. The maximum Gasteiger partial charge on any atom is 0.304 e. The predicted molar refractivity (Wildman–Crippen MR) is 126 cm³/mol. The minimum absolute atomic E-state index is 0.192. The Morgan fingerprint density at radius 3 is 2.22 bits per heavy atom. The Morgan fingerprint density at radius 1 is 1.03 bits per heavy atom. The van der Waals surface area contributed by atoms with E-state index in [-0.39, 0.29) is 12.5 Å². The fraction of sp³-hybridized carbons (Fsp3) is 0.391. The van der Waals surface area contributed by atoms with Gasteiger partial charge in [0.15, 0.2) is 0 Å². The summed E-state index contributed by atoms with van der Waals surface area (Å²) in [4.78, 5) is 27.5. The first kappa shape index (κ1) is 25.4. The second-order valence-electron chi connectivity index (χ2n) is 7.68. The van der Waals surface area contributed by atoms with Crippen LogP contribution in [0.5, 0.6) is 0 Å². The van der Waals surface area contributed by atoms with Crippen molar-refractivity contribution in [1.29, 1.82) is 0 Å². The van der Waals surface area contributed by atoms with Crippen LogP contribution in [0.4, 0.5) is 5.69 Å². The highest BCUT2D eigenvalue weighted by atomic mass is 32.2. The van der Waals surface area contributed by atoms with Gasteiger partial charge < -0.3 is 10.2 Å². The van der Waals surface area contributed by atoms with Crippen molar-refractivity contribution in [2.45, 2.75) is 32.9 Å². The number of hydrogen-bond donors (Lipinski definition) is 1. The van der Waals surface area contributed by atoms with Crippen LogP contribution in [0.2, 0.25) is 0 Å². The van der Waals surface area contributed by atoms with Crippen molar-refractivity contribution in [3.05, 3.63) is 65.7 Å². The van der Waals surface area contributed by atoms with Crippen molar-refractivity contribution in [2.75, 3.05) is 32.0 Å². The van der Waals surface area contributed by atoms with E-state index in [1.807, 2.05) is 38.1 Å². The average Bonchev–Trinajstić information content (AvgIpc) is 2.77. The second-order valence-corrected chi connectivity index (χ2v) is 9.75. The van der Waals surface area contributed by atoms with E-state index >= 15 is 0 Å². The summed E-state index contributed by atoms with van der Waals surface area (Å²) in [6.07, 6.45) is 0.392. The molecule has 2 aromatic rings. The molecule has 0 heterocycles. The molecule has 0 aliphatic carbocycles. The van der Waals surface area contributed by atoms with Crippen LogP contribution < -0.4 is 9.62 Å². The van der Waals surface area contributed by atoms with E-state index in [9.17, 15) is 18.0 Å². The molecule has 0 bridgehead atoms. The molecule has 0 saturated carbocycles. The molecule has 0 saturated heterocycles. The van der Waals surface area contributed by atoms with E-state index in [1.54, 1.807) is 30.3 Å². The Hall–Kier alpha value is -2.91. The molecule has 2 aromatic carbocycles. The van der Waals surface area contributed by atoms with Crippen molar-refractivity contribution >= 4 is 27.7 Å². The summed E-state index contributed by atoms with van der Waals surface area (Å²) in [6.45, 7) is 3.54. The van der Waals surface area contributed by atoms with E-state index in [1.165, 1.54) is 26.0 Å². The summed E-state index contributed by atoms with van der Waals surface area (Å²) in [7, 11) is 0.414. The molecular formula is C23H32N4O4S. The zero-order valence-electron chi connectivity index (χ0n) is 19.3. The molecule has 0 fully saturated rings. The number of nitrogens with one attached hydrogen (secondary N) is 1. The SMILES string of the molecule is CC[C@H](C(=O)NC)N(Cc1cccc(C)c1)C(=O)CN(c1ccccc1)S(=O)(=O)N(C)C. The van der Waals surface area contributed by atoms with Crippen LogP contribution in [-0.4, -0.2) is 63.2 Å². The molecule has 1 N–H and O–H groups in total. The second kappa shape index (κ2) is 11.1. The van der Waals surface area contributed by atoms with E-state index in [0.717, 1.165) is 19.7 Å². The summed E-state index contributed by atoms with van der Waals surface area (Å²) in [6, 6.07) is 15.4. The first-order valence-corrected chi connectivity index (χ1v) is 11.8. The maximum absolute atomic E-state index is 13.5. The molecule has 2 amide bonds. The third kappa shape index (κ3) is 6.08. The van der Waals surface area contributed by atoms with Crippen LogP contribution in [0.1, 0.15) is 24.5 Å². The first-order valence-electron chi connectivity index (χ1n) is 10.4. The number of anilines is 1. The minimum atomic E-state index is -3.94. The smallest absolute Gasteiger partial charge is 0.304 e. The normalized spacial score (nSPS) is 12.3. The fourth-order valence-corrected chi connectivity index (χ4v) is 4.46. The lowest BCUT2D eigenvalue weighted by molar-refractivity contribution is -0.140. The Morgan fingerprint density at radius 2 is 1.69 bits per heavy atom. The van der Waals surface area contributed by atoms with Gasteiger partial charge in [0.1, 0.15) is 12.6 Å².